The monoisotopic (exact) mass is 363 g/mol. The molecule has 1 aliphatic rings. The number of hydrogen-bond donors (Lipinski definition) is 1. The summed E-state index contributed by atoms with van der Waals surface area (Å²) in [6.45, 7) is 1.52. The van der Waals surface area contributed by atoms with Gasteiger partial charge in [-0.2, -0.15) is 0 Å². The summed E-state index contributed by atoms with van der Waals surface area (Å²) in [5, 5.41) is 10.0. The second-order valence-corrected chi connectivity index (χ2v) is 6.56. The molecule has 0 bridgehead atoms. The van der Waals surface area contributed by atoms with E-state index in [1.54, 1.807) is 18.2 Å². The smallest absolute Gasteiger partial charge is 0.323 e. The molecule has 0 aliphatic carbocycles. The standard InChI is InChI=1S/C18H15Cl2NO3/c1-10-11(6-7-14(19)17(10)20)8-13-12-4-2-3-5-15(12)21(18(13)24)9-16(22)23/h2-7,13H,8-9H2,1H3,(H,22,23). The lowest BCUT2D eigenvalue weighted by Crippen LogP contribution is -2.34. The summed E-state index contributed by atoms with van der Waals surface area (Å²) >= 11 is 12.2. The Hall–Kier alpha value is -2.04. The van der Waals surface area contributed by atoms with Gasteiger partial charge in [0.25, 0.3) is 0 Å². The Morgan fingerprint density at radius 3 is 2.62 bits per heavy atom. The normalized spacial score (nSPS) is 16.4. The summed E-state index contributed by atoms with van der Waals surface area (Å²) in [5.41, 5.74) is 3.27. The van der Waals surface area contributed by atoms with Gasteiger partial charge >= 0.3 is 5.97 Å². The first-order chi connectivity index (χ1) is 11.4. The second-order valence-electron chi connectivity index (χ2n) is 5.78. The number of anilines is 1. The number of aliphatic carboxylic acids is 1. The number of carboxylic acids is 1. The molecule has 1 aliphatic heterocycles. The minimum atomic E-state index is -1.04. The average Bonchev–Trinajstić information content (AvgIpc) is 2.80. The fourth-order valence-corrected chi connectivity index (χ4v) is 3.49. The van der Waals surface area contributed by atoms with Gasteiger partial charge in [0.2, 0.25) is 5.91 Å². The maximum Gasteiger partial charge on any atom is 0.323 e. The van der Waals surface area contributed by atoms with Gasteiger partial charge in [0, 0.05) is 5.69 Å². The van der Waals surface area contributed by atoms with Crippen molar-refractivity contribution in [3.8, 4) is 0 Å². The van der Waals surface area contributed by atoms with E-state index in [1.807, 2.05) is 25.1 Å². The van der Waals surface area contributed by atoms with Gasteiger partial charge in [-0.25, -0.2) is 0 Å². The number of rotatable bonds is 4. The molecular weight excluding hydrogens is 349 g/mol. The van der Waals surface area contributed by atoms with Gasteiger partial charge < -0.3 is 10.0 Å². The van der Waals surface area contributed by atoms with Gasteiger partial charge in [0.15, 0.2) is 0 Å². The third-order valence-electron chi connectivity index (χ3n) is 4.34. The largest absolute Gasteiger partial charge is 0.480 e. The number of amides is 1. The molecule has 0 saturated heterocycles. The topological polar surface area (TPSA) is 57.6 Å². The van der Waals surface area contributed by atoms with Crippen LogP contribution in [0, 0.1) is 6.92 Å². The van der Waals surface area contributed by atoms with Crippen LogP contribution in [0.4, 0.5) is 5.69 Å². The molecule has 2 aromatic rings. The van der Waals surface area contributed by atoms with Gasteiger partial charge in [-0.05, 0) is 42.2 Å². The highest BCUT2D eigenvalue weighted by molar-refractivity contribution is 6.42. The second kappa shape index (κ2) is 6.46. The van der Waals surface area contributed by atoms with E-state index in [0.29, 0.717) is 22.2 Å². The molecule has 6 heteroatoms. The molecule has 1 unspecified atom stereocenters. The quantitative estimate of drug-likeness (QED) is 0.890. The lowest BCUT2D eigenvalue weighted by molar-refractivity contribution is -0.136. The summed E-state index contributed by atoms with van der Waals surface area (Å²) < 4.78 is 0. The molecule has 0 saturated carbocycles. The average molecular weight is 364 g/mol. The van der Waals surface area contributed by atoms with Gasteiger partial charge in [0.05, 0.1) is 16.0 Å². The summed E-state index contributed by atoms with van der Waals surface area (Å²) in [4.78, 5) is 25.2. The van der Waals surface area contributed by atoms with Gasteiger partial charge in [-0.3, -0.25) is 9.59 Å². The molecular formula is C18H15Cl2NO3. The van der Waals surface area contributed by atoms with Crippen LogP contribution < -0.4 is 4.90 Å². The van der Waals surface area contributed by atoms with E-state index in [2.05, 4.69) is 0 Å². The predicted molar refractivity (Wildman–Crippen MR) is 94.1 cm³/mol. The third kappa shape index (κ3) is 2.87. The minimum absolute atomic E-state index is 0.205. The third-order valence-corrected chi connectivity index (χ3v) is 5.23. The predicted octanol–water partition coefficient (Wildman–Crippen LogP) is 4.06. The van der Waals surface area contributed by atoms with E-state index < -0.39 is 11.9 Å². The van der Waals surface area contributed by atoms with Crippen molar-refractivity contribution >= 4 is 40.8 Å². The van der Waals surface area contributed by atoms with Crippen LogP contribution in [0.1, 0.15) is 22.6 Å². The van der Waals surface area contributed by atoms with Gasteiger partial charge in [-0.1, -0.05) is 47.5 Å². The lowest BCUT2D eigenvalue weighted by atomic mass is 9.91. The number of hydrogen-bond acceptors (Lipinski definition) is 2. The van der Waals surface area contributed by atoms with E-state index >= 15 is 0 Å². The zero-order valence-electron chi connectivity index (χ0n) is 12.9. The van der Waals surface area contributed by atoms with Crippen LogP contribution in [0.2, 0.25) is 10.0 Å². The minimum Gasteiger partial charge on any atom is -0.480 e. The lowest BCUT2D eigenvalue weighted by Gasteiger charge is -2.16. The molecule has 0 radical (unpaired) electrons. The van der Waals surface area contributed by atoms with Crippen LogP contribution in [0.25, 0.3) is 0 Å². The first-order valence-corrected chi connectivity index (χ1v) is 8.21. The molecule has 3 rings (SSSR count). The van der Waals surface area contributed by atoms with Crippen LogP contribution in [0.15, 0.2) is 36.4 Å². The Morgan fingerprint density at radius 2 is 1.92 bits per heavy atom. The molecule has 0 spiro atoms. The maximum absolute atomic E-state index is 12.8. The van der Waals surface area contributed by atoms with Crippen LogP contribution in [0.3, 0.4) is 0 Å². The summed E-state index contributed by atoms with van der Waals surface area (Å²) in [7, 11) is 0. The Labute approximate surface area is 149 Å². The van der Waals surface area contributed by atoms with Gasteiger partial charge in [-0.15, -0.1) is 0 Å². The zero-order valence-corrected chi connectivity index (χ0v) is 14.4. The Balaban J connectivity index is 1.98. The van der Waals surface area contributed by atoms with Crippen LogP contribution >= 0.6 is 23.2 Å². The van der Waals surface area contributed by atoms with E-state index in [9.17, 15) is 9.59 Å². The van der Waals surface area contributed by atoms with Crippen molar-refractivity contribution in [3.05, 3.63) is 63.1 Å². The molecule has 1 heterocycles. The Kier molecular flexibility index (Phi) is 4.52. The molecule has 2 aromatic carbocycles. The van der Waals surface area contributed by atoms with E-state index in [0.717, 1.165) is 16.7 Å². The number of carbonyl (C=O) groups excluding carboxylic acids is 1. The van der Waals surface area contributed by atoms with Crippen molar-refractivity contribution in [2.45, 2.75) is 19.3 Å². The van der Waals surface area contributed by atoms with Crippen LogP contribution in [-0.2, 0) is 16.0 Å². The Bertz CT molecular complexity index is 835. The number of fused-ring (bicyclic) bond motifs is 1. The number of halogens is 2. The SMILES string of the molecule is Cc1c(CC2C(=O)N(CC(=O)O)c3ccccc32)ccc(Cl)c1Cl. The highest BCUT2D eigenvalue weighted by atomic mass is 35.5. The van der Waals surface area contributed by atoms with Gasteiger partial charge in [0.1, 0.15) is 6.54 Å². The van der Waals surface area contributed by atoms with E-state index in [4.69, 9.17) is 28.3 Å². The number of para-hydroxylation sites is 1. The molecule has 24 heavy (non-hydrogen) atoms. The number of carboxylic acid groups (broad SMARTS) is 1. The maximum atomic E-state index is 12.8. The van der Waals surface area contributed by atoms with Crippen molar-refractivity contribution in [1.29, 1.82) is 0 Å². The molecule has 1 atom stereocenters. The van der Waals surface area contributed by atoms with Crippen LogP contribution in [-0.4, -0.2) is 23.5 Å². The fraction of sp³-hybridized carbons (Fsp3) is 0.222. The summed E-state index contributed by atoms with van der Waals surface area (Å²) in [6.07, 6.45) is 0.453. The van der Waals surface area contributed by atoms with Crippen molar-refractivity contribution in [2.75, 3.05) is 11.4 Å². The molecule has 0 fully saturated rings. The van der Waals surface area contributed by atoms with Crippen molar-refractivity contribution in [3.63, 3.8) is 0 Å². The van der Waals surface area contributed by atoms with E-state index in [1.165, 1.54) is 4.90 Å². The molecule has 1 N–H and O–H groups in total. The van der Waals surface area contributed by atoms with Crippen LogP contribution in [0.5, 0.6) is 0 Å². The fourth-order valence-electron chi connectivity index (χ4n) is 3.10. The first kappa shape index (κ1) is 16.8. The molecule has 4 nitrogen and oxygen atoms in total. The molecule has 124 valence electrons. The van der Waals surface area contributed by atoms with Crippen molar-refractivity contribution in [2.24, 2.45) is 0 Å². The first-order valence-electron chi connectivity index (χ1n) is 7.45. The van der Waals surface area contributed by atoms with E-state index in [-0.39, 0.29) is 12.5 Å². The molecule has 1 amide bonds. The summed E-state index contributed by atoms with van der Waals surface area (Å²) in [6, 6.07) is 10.9. The number of carbonyl (C=O) groups is 2. The number of benzene rings is 2. The Morgan fingerprint density at radius 1 is 1.21 bits per heavy atom. The number of nitrogens with zero attached hydrogens (tertiary/aromatic N) is 1. The summed E-state index contributed by atoms with van der Waals surface area (Å²) in [5.74, 6) is -1.66. The highest BCUT2D eigenvalue weighted by Crippen LogP contribution is 2.40. The highest BCUT2D eigenvalue weighted by Gasteiger charge is 2.38. The van der Waals surface area contributed by atoms with Crippen molar-refractivity contribution < 1.29 is 14.7 Å². The van der Waals surface area contributed by atoms with Crippen molar-refractivity contribution in [1.82, 2.24) is 0 Å². The zero-order chi connectivity index (χ0) is 17.4. The molecule has 0 aromatic heterocycles.